The lowest BCUT2D eigenvalue weighted by molar-refractivity contribution is 0.0781. The van der Waals surface area contributed by atoms with E-state index in [1.54, 1.807) is 0 Å². The van der Waals surface area contributed by atoms with Gasteiger partial charge in [-0.1, -0.05) is 6.92 Å². The number of nitrogens with zero attached hydrogens (tertiary/aromatic N) is 2. The number of aliphatic hydroxyl groups is 1. The summed E-state index contributed by atoms with van der Waals surface area (Å²) in [5.41, 5.74) is 1.52. The monoisotopic (exact) mass is 277 g/mol. The number of nitrogens with one attached hydrogen (secondary N) is 1. The minimum Gasteiger partial charge on any atom is -0.396 e. The predicted molar refractivity (Wildman–Crippen MR) is 78.9 cm³/mol. The van der Waals surface area contributed by atoms with Gasteiger partial charge in [0.15, 0.2) is 0 Å². The lowest BCUT2D eigenvalue weighted by Crippen LogP contribution is -2.29. The molecular weight excluding hydrogens is 254 g/mol. The van der Waals surface area contributed by atoms with E-state index in [2.05, 4.69) is 17.2 Å². The van der Waals surface area contributed by atoms with Crippen LogP contribution in [0.4, 0.5) is 5.82 Å². The summed E-state index contributed by atoms with van der Waals surface area (Å²) < 4.78 is 0. The van der Waals surface area contributed by atoms with E-state index in [9.17, 15) is 4.79 Å². The highest BCUT2D eigenvalue weighted by molar-refractivity contribution is 5.95. The zero-order valence-corrected chi connectivity index (χ0v) is 12.2. The Morgan fingerprint density at radius 2 is 2.35 bits per heavy atom. The van der Waals surface area contributed by atoms with Crippen molar-refractivity contribution in [2.45, 2.75) is 26.7 Å². The van der Waals surface area contributed by atoms with Crippen LogP contribution >= 0.6 is 0 Å². The highest BCUT2D eigenvalue weighted by atomic mass is 16.3. The third-order valence-corrected chi connectivity index (χ3v) is 3.59. The third kappa shape index (κ3) is 3.48. The van der Waals surface area contributed by atoms with E-state index in [1.807, 2.05) is 24.0 Å². The summed E-state index contributed by atoms with van der Waals surface area (Å²) >= 11 is 0. The summed E-state index contributed by atoms with van der Waals surface area (Å²) in [7, 11) is 0. The Morgan fingerprint density at radius 3 is 3.00 bits per heavy atom. The minimum atomic E-state index is 0.0333. The molecule has 0 saturated carbocycles. The van der Waals surface area contributed by atoms with Crippen LogP contribution < -0.4 is 5.32 Å². The smallest absolute Gasteiger partial charge is 0.254 e. The number of aromatic nitrogens is 1. The maximum Gasteiger partial charge on any atom is 0.254 e. The van der Waals surface area contributed by atoms with Crippen LogP contribution in [0.2, 0.25) is 0 Å². The van der Waals surface area contributed by atoms with Gasteiger partial charge in [0.05, 0.1) is 0 Å². The largest absolute Gasteiger partial charge is 0.396 e. The molecule has 0 radical (unpaired) electrons. The van der Waals surface area contributed by atoms with E-state index >= 15 is 0 Å². The topological polar surface area (TPSA) is 65.5 Å². The molecule has 0 spiro atoms. The Morgan fingerprint density at radius 1 is 1.55 bits per heavy atom. The molecule has 0 aliphatic carbocycles. The summed E-state index contributed by atoms with van der Waals surface area (Å²) in [6, 6.07) is 3.64. The van der Waals surface area contributed by atoms with E-state index in [4.69, 9.17) is 5.11 Å². The number of pyridine rings is 1. The van der Waals surface area contributed by atoms with Crippen molar-refractivity contribution in [2.75, 3.05) is 31.6 Å². The molecule has 1 amide bonds. The van der Waals surface area contributed by atoms with Gasteiger partial charge in [-0.25, -0.2) is 4.98 Å². The van der Waals surface area contributed by atoms with Crippen LogP contribution in [0, 0.1) is 12.8 Å². The lowest BCUT2D eigenvalue weighted by Gasteiger charge is -2.17. The molecule has 110 valence electrons. The molecule has 1 saturated heterocycles. The number of amides is 1. The lowest BCUT2D eigenvalue weighted by atomic mass is 10.1. The molecule has 20 heavy (non-hydrogen) atoms. The first-order chi connectivity index (χ1) is 9.63. The van der Waals surface area contributed by atoms with Crippen LogP contribution in [0.15, 0.2) is 12.1 Å². The number of carbonyl (C=O) groups excluding carboxylic acids is 1. The number of anilines is 1. The maximum atomic E-state index is 12.5. The standard InChI is InChI=1S/C15H23N3O2/c1-3-5-16-14-8-13(7-11(2)17-14)15(20)18-6-4-12(9-18)10-19/h7-8,12,19H,3-6,9-10H2,1-2H3,(H,16,17). The van der Waals surface area contributed by atoms with Crippen molar-refractivity contribution in [3.63, 3.8) is 0 Å². The average molecular weight is 277 g/mol. The van der Waals surface area contributed by atoms with Crippen LogP contribution in [0.3, 0.4) is 0 Å². The zero-order valence-electron chi connectivity index (χ0n) is 12.2. The Hall–Kier alpha value is -1.62. The van der Waals surface area contributed by atoms with Crippen LogP contribution in [-0.4, -0.2) is 47.1 Å². The SMILES string of the molecule is CCCNc1cc(C(=O)N2CCC(CO)C2)cc(C)n1. The molecule has 1 aliphatic rings. The van der Waals surface area contributed by atoms with Gasteiger partial charge in [-0.3, -0.25) is 4.79 Å². The van der Waals surface area contributed by atoms with Gasteiger partial charge in [0, 0.05) is 43.4 Å². The van der Waals surface area contributed by atoms with Crippen LogP contribution in [-0.2, 0) is 0 Å². The van der Waals surface area contributed by atoms with Gasteiger partial charge in [0.2, 0.25) is 0 Å². The van der Waals surface area contributed by atoms with Crippen molar-refractivity contribution >= 4 is 11.7 Å². The van der Waals surface area contributed by atoms with E-state index in [-0.39, 0.29) is 18.4 Å². The summed E-state index contributed by atoms with van der Waals surface area (Å²) in [5, 5.41) is 12.4. The molecule has 0 bridgehead atoms. The molecule has 1 unspecified atom stereocenters. The van der Waals surface area contributed by atoms with Gasteiger partial charge in [-0.15, -0.1) is 0 Å². The first-order valence-electron chi connectivity index (χ1n) is 7.26. The van der Waals surface area contributed by atoms with Crippen molar-refractivity contribution in [3.05, 3.63) is 23.4 Å². The predicted octanol–water partition coefficient (Wildman–Crippen LogP) is 1.67. The molecule has 2 heterocycles. The number of hydrogen-bond acceptors (Lipinski definition) is 4. The number of rotatable bonds is 5. The Bertz CT molecular complexity index is 476. The molecule has 5 nitrogen and oxygen atoms in total. The highest BCUT2D eigenvalue weighted by Crippen LogP contribution is 2.19. The molecule has 1 aliphatic heterocycles. The van der Waals surface area contributed by atoms with Gasteiger partial charge in [-0.05, 0) is 31.9 Å². The molecule has 1 atom stereocenters. The fraction of sp³-hybridized carbons (Fsp3) is 0.600. The number of aryl methyl sites for hydroxylation is 1. The average Bonchev–Trinajstić information content (AvgIpc) is 2.92. The molecule has 2 rings (SSSR count). The van der Waals surface area contributed by atoms with Crippen LogP contribution in [0.25, 0.3) is 0 Å². The molecule has 2 N–H and O–H groups in total. The molecule has 5 heteroatoms. The van der Waals surface area contributed by atoms with E-state index in [0.717, 1.165) is 37.4 Å². The van der Waals surface area contributed by atoms with Crippen LogP contribution in [0.5, 0.6) is 0 Å². The molecule has 1 fully saturated rings. The van der Waals surface area contributed by atoms with Crippen molar-refractivity contribution in [1.29, 1.82) is 0 Å². The Balaban J connectivity index is 2.11. The number of likely N-dealkylation sites (tertiary alicyclic amines) is 1. The quantitative estimate of drug-likeness (QED) is 0.859. The fourth-order valence-electron chi connectivity index (χ4n) is 2.48. The Labute approximate surface area is 120 Å². The Kier molecular flexibility index (Phi) is 4.95. The number of aliphatic hydroxyl groups excluding tert-OH is 1. The second-order valence-corrected chi connectivity index (χ2v) is 5.40. The van der Waals surface area contributed by atoms with Gasteiger partial charge in [-0.2, -0.15) is 0 Å². The normalized spacial score (nSPS) is 18.4. The fourth-order valence-corrected chi connectivity index (χ4v) is 2.48. The minimum absolute atomic E-state index is 0.0333. The molecular formula is C15H23N3O2. The molecule has 1 aromatic rings. The summed E-state index contributed by atoms with van der Waals surface area (Å²) in [6.07, 6.45) is 1.90. The van der Waals surface area contributed by atoms with Crippen molar-refractivity contribution < 1.29 is 9.90 Å². The summed E-state index contributed by atoms with van der Waals surface area (Å²) in [5.74, 6) is 1.01. The van der Waals surface area contributed by atoms with Gasteiger partial charge >= 0.3 is 0 Å². The first-order valence-corrected chi connectivity index (χ1v) is 7.26. The van der Waals surface area contributed by atoms with E-state index < -0.39 is 0 Å². The van der Waals surface area contributed by atoms with Gasteiger partial charge in [0.1, 0.15) is 5.82 Å². The number of carbonyl (C=O) groups is 1. The third-order valence-electron chi connectivity index (χ3n) is 3.59. The van der Waals surface area contributed by atoms with E-state index in [1.165, 1.54) is 0 Å². The van der Waals surface area contributed by atoms with Crippen molar-refractivity contribution in [2.24, 2.45) is 5.92 Å². The first kappa shape index (κ1) is 14.8. The number of hydrogen-bond donors (Lipinski definition) is 2. The molecule has 0 aromatic carbocycles. The summed E-state index contributed by atoms with van der Waals surface area (Å²) in [6.45, 7) is 6.36. The second-order valence-electron chi connectivity index (χ2n) is 5.40. The van der Waals surface area contributed by atoms with Crippen molar-refractivity contribution in [1.82, 2.24) is 9.88 Å². The highest BCUT2D eigenvalue weighted by Gasteiger charge is 2.26. The van der Waals surface area contributed by atoms with E-state index in [0.29, 0.717) is 12.1 Å². The van der Waals surface area contributed by atoms with Crippen LogP contribution in [0.1, 0.15) is 35.8 Å². The van der Waals surface area contributed by atoms with Gasteiger partial charge < -0.3 is 15.3 Å². The maximum absolute atomic E-state index is 12.5. The zero-order chi connectivity index (χ0) is 14.5. The molecule has 1 aromatic heterocycles. The van der Waals surface area contributed by atoms with Gasteiger partial charge in [0.25, 0.3) is 5.91 Å². The van der Waals surface area contributed by atoms with Crippen molar-refractivity contribution in [3.8, 4) is 0 Å². The summed E-state index contributed by atoms with van der Waals surface area (Å²) in [4.78, 5) is 18.7. The second kappa shape index (κ2) is 6.70.